The monoisotopic (exact) mass is 356 g/mol. The van der Waals surface area contributed by atoms with Gasteiger partial charge in [0, 0.05) is 6.42 Å². The van der Waals surface area contributed by atoms with E-state index in [1.807, 2.05) is 0 Å². The molecule has 0 aliphatic heterocycles. The SMILES string of the molecule is CC1CCCC23CC24CCC2(C)C(CCCC=O)CC[C@@]2(C)C4CCC13. The molecule has 5 saturated carbocycles. The van der Waals surface area contributed by atoms with Crippen LogP contribution in [0.4, 0.5) is 0 Å². The molecular weight excluding hydrogens is 316 g/mol. The zero-order valence-corrected chi connectivity index (χ0v) is 17.5. The summed E-state index contributed by atoms with van der Waals surface area (Å²) in [6.45, 7) is 7.96. The molecule has 26 heavy (non-hydrogen) atoms. The van der Waals surface area contributed by atoms with Crippen LogP contribution in [0.25, 0.3) is 0 Å². The first-order valence-corrected chi connectivity index (χ1v) is 11.9. The first-order chi connectivity index (χ1) is 12.4. The Kier molecular flexibility index (Phi) is 3.82. The fraction of sp³-hybridized carbons (Fsp3) is 0.960. The van der Waals surface area contributed by atoms with E-state index >= 15 is 0 Å². The highest BCUT2D eigenvalue weighted by molar-refractivity contribution is 5.49. The zero-order chi connectivity index (χ0) is 18.2. The minimum absolute atomic E-state index is 0.544. The van der Waals surface area contributed by atoms with Gasteiger partial charge in [0.2, 0.25) is 0 Å². The maximum atomic E-state index is 10.8. The second-order valence-corrected chi connectivity index (χ2v) is 11.8. The van der Waals surface area contributed by atoms with E-state index in [2.05, 4.69) is 20.8 Å². The van der Waals surface area contributed by atoms with Crippen molar-refractivity contribution in [2.24, 2.45) is 45.3 Å². The summed E-state index contributed by atoms with van der Waals surface area (Å²) in [4.78, 5) is 10.8. The van der Waals surface area contributed by atoms with Gasteiger partial charge in [0.25, 0.3) is 0 Å². The Hall–Kier alpha value is -0.330. The Morgan fingerprint density at radius 1 is 0.923 bits per heavy atom. The van der Waals surface area contributed by atoms with Crippen molar-refractivity contribution < 1.29 is 4.79 Å². The maximum Gasteiger partial charge on any atom is 0.119 e. The number of unbranched alkanes of at least 4 members (excludes halogenated alkanes) is 1. The molecule has 1 nitrogen and oxygen atoms in total. The van der Waals surface area contributed by atoms with Gasteiger partial charge in [0.15, 0.2) is 0 Å². The van der Waals surface area contributed by atoms with Gasteiger partial charge in [-0.05, 0) is 110 Å². The zero-order valence-electron chi connectivity index (χ0n) is 17.5. The third-order valence-electron chi connectivity index (χ3n) is 11.6. The second-order valence-electron chi connectivity index (χ2n) is 11.8. The van der Waals surface area contributed by atoms with Crippen molar-refractivity contribution in [3.05, 3.63) is 0 Å². The highest BCUT2D eigenvalue weighted by Gasteiger charge is 2.80. The van der Waals surface area contributed by atoms with Gasteiger partial charge in [-0.1, -0.05) is 33.6 Å². The molecule has 8 atom stereocenters. The molecule has 0 bridgehead atoms. The number of carbonyl (C=O) groups is 1. The van der Waals surface area contributed by atoms with E-state index in [0.717, 1.165) is 53.6 Å². The predicted octanol–water partition coefficient (Wildman–Crippen LogP) is 6.79. The Morgan fingerprint density at radius 2 is 1.77 bits per heavy atom. The molecule has 1 heteroatoms. The molecular formula is C25H40O. The summed E-state index contributed by atoms with van der Waals surface area (Å²) in [7, 11) is 0. The van der Waals surface area contributed by atoms with Crippen LogP contribution in [0.3, 0.4) is 0 Å². The maximum absolute atomic E-state index is 10.8. The van der Waals surface area contributed by atoms with Crippen molar-refractivity contribution in [3.8, 4) is 0 Å². The van der Waals surface area contributed by atoms with E-state index in [9.17, 15) is 4.79 Å². The van der Waals surface area contributed by atoms with Gasteiger partial charge in [0.05, 0.1) is 0 Å². The summed E-state index contributed by atoms with van der Waals surface area (Å²) in [5.74, 6) is 3.93. The molecule has 5 fully saturated rings. The molecule has 5 rings (SSSR count). The summed E-state index contributed by atoms with van der Waals surface area (Å²) >= 11 is 0. The van der Waals surface area contributed by atoms with Gasteiger partial charge in [-0.15, -0.1) is 0 Å². The van der Waals surface area contributed by atoms with E-state index < -0.39 is 0 Å². The molecule has 0 amide bonds. The summed E-state index contributed by atoms with van der Waals surface area (Å²) < 4.78 is 0. The van der Waals surface area contributed by atoms with Crippen LogP contribution in [0, 0.1) is 45.3 Å². The fourth-order valence-electron chi connectivity index (χ4n) is 10.1. The molecule has 5 aliphatic rings. The van der Waals surface area contributed by atoms with E-state index in [1.165, 1.54) is 57.8 Å². The number of hydrogen-bond donors (Lipinski definition) is 0. The Labute approximate surface area is 161 Å². The molecule has 0 aromatic rings. The summed E-state index contributed by atoms with van der Waals surface area (Å²) in [5.41, 5.74) is 2.64. The van der Waals surface area contributed by atoms with Gasteiger partial charge >= 0.3 is 0 Å². The molecule has 146 valence electrons. The molecule has 0 aromatic carbocycles. The minimum Gasteiger partial charge on any atom is -0.303 e. The third-order valence-corrected chi connectivity index (χ3v) is 11.6. The molecule has 2 spiro atoms. The number of aldehydes is 1. The molecule has 0 aromatic heterocycles. The minimum atomic E-state index is 0.544. The van der Waals surface area contributed by atoms with Crippen molar-refractivity contribution in [1.82, 2.24) is 0 Å². The van der Waals surface area contributed by atoms with Crippen LogP contribution in [-0.4, -0.2) is 6.29 Å². The lowest BCUT2D eigenvalue weighted by Crippen LogP contribution is -2.54. The molecule has 5 aliphatic carbocycles. The van der Waals surface area contributed by atoms with Gasteiger partial charge in [-0.3, -0.25) is 0 Å². The van der Waals surface area contributed by atoms with Crippen molar-refractivity contribution in [1.29, 1.82) is 0 Å². The summed E-state index contributed by atoms with van der Waals surface area (Å²) in [5, 5.41) is 0. The van der Waals surface area contributed by atoms with Gasteiger partial charge in [0.1, 0.15) is 6.29 Å². The van der Waals surface area contributed by atoms with E-state index in [1.54, 1.807) is 12.8 Å². The number of hydrogen-bond acceptors (Lipinski definition) is 1. The van der Waals surface area contributed by atoms with Crippen LogP contribution in [0.15, 0.2) is 0 Å². The van der Waals surface area contributed by atoms with Crippen LogP contribution >= 0.6 is 0 Å². The lowest BCUT2D eigenvalue weighted by atomic mass is 9.43. The van der Waals surface area contributed by atoms with Crippen molar-refractivity contribution in [3.63, 3.8) is 0 Å². The van der Waals surface area contributed by atoms with Gasteiger partial charge < -0.3 is 4.79 Å². The number of rotatable bonds is 4. The lowest BCUT2D eigenvalue weighted by Gasteiger charge is -2.61. The van der Waals surface area contributed by atoms with Gasteiger partial charge in [-0.2, -0.15) is 0 Å². The van der Waals surface area contributed by atoms with Gasteiger partial charge in [-0.25, -0.2) is 0 Å². The summed E-state index contributed by atoms with van der Waals surface area (Å²) in [6, 6.07) is 0. The number of fused-ring (bicyclic) bond motifs is 2. The van der Waals surface area contributed by atoms with Crippen LogP contribution < -0.4 is 0 Å². The first-order valence-electron chi connectivity index (χ1n) is 11.9. The quantitative estimate of drug-likeness (QED) is 0.400. The molecule has 0 heterocycles. The van der Waals surface area contributed by atoms with Crippen molar-refractivity contribution in [2.45, 2.75) is 104 Å². The summed E-state index contributed by atoms with van der Waals surface area (Å²) in [6.07, 6.45) is 19.5. The van der Waals surface area contributed by atoms with E-state index in [4.69, 9.17) is 0 Å². The molecule has 0 radical (unpaired) electrons. The third kappa shape index (κ3) is 1.92. The Bertz CT molecular complexity index is 597. The molecule has 0 N–H and O–H groups in total. The van der Waals surface area contributed by atoms with Crippen LogP contribution in [0.5, 0.6) is 0 Å². The molecule has 0 saturated heterocycles. The average Bonchev–Trinajstić information content (AvgIpc) is 3.20. The normalized spacial score (nSPS) is 57.5. The highest BCUT2D eigenvalue weighted by atomic mass is 16.1. The average molecular weight is 357 g/mol. The molecule has 7 unspecified atom stereocenters. The fourth-order valence-corrected chi connectivity index (χ4v) is 10.1. The van der Waals surface area contributed by atoms with Crippen LogP contribution in [0.1, 0.15) is 104 Å². The predicted molar refractivity (Wildman–Crippen MR) is 107 cm³/mol. The topological polar surface area (TPSA) is 17.1 Å². The smallest absolute Gasteiger partial charge is 0.119 e. The van der Waals surface area contributed by atoms with Crippen molar-refractivity contribution in [2.75, 3.05) is 0 Å². The van der Waals surface area contributed by atoms with E-state index in [0.29, 0.717) is 10.8 Å². The van der Waals surface area contributed by atoms with Crippen molar-refractivity contribution >= 4 is 6.29 Å². The van der Waals surface area contributed by atoms with Crippen LogP contribution in [0.2, 0.25) is 0 Å². The Morgan fingerprint density at radius 3 is 2.58 bits per heavy atom. The Balaban J connectivity index is 1.44. The second kappa shape index (κ2) is 5.60. The first kappa shape index (κ1) is 17.7. The van der Waals surface area contributed by atoms with E-state index in [-0.39, 0.29) is 0 Å². The highest BCUT2D eigenvalue weighted by Crippen LogP contribution is 2.88. The lowest BCUT2D eigenvalue weighted by molar-refractivity contribution is -0.128. The standard InChI is InChI=1S/C25H40O/c1-18-7-6-12-24-17-25(24)15-14-22(2)19(8-4-5-16-26)11-13-23(22,3)21(25)10-9-20(18)24/h16,18-21H,4-15,17H2,1-3H3/t18?,19?,20?,21?,22?,23-,24?,25?/m0/s1. The largest absolute Gasteiger partial charge is 0.303 e. The van der Waals surface area contributed by atoms with Crippen LogP contribution in [-0.2, 0) is 4.79 Å². The number of carbonyl (C=O) groups excluding carboxylic acids is 1.